The van der Waals surface area contributed by atoms with Crippen molar-refractivity contribution in [2.75, 3.05) is 13.7 Å². The molecule has 1 rings (SSSR count). The number of methoxy groups -OCH3 is 1. The second-order valence-corrected chi connectivity index (χ2v) is 5.18. The van der Waals surface area contributed by atoms with E-state index in [9.17, 15) is 10.2 Å². The highest BCUT2D eigenvalue weighted by Crippen LogP contribution is 2.37. The van der Waals surface area contributed by atoms with Crippen molar-refractivity contribution >= 4 is 11.8 Å². The second kappa shape index (κ2) is 6.27. The number of aliphatic hydroxyl groups is 2. The van der Waals surface area contributed by atoms with Crippen molar-refractivity contribution in [1.82, 2.24) is 0 Å². The Kier molecular flexibility index (Phi) is 5.26. The molecule has 0 saturated carbocycles. The fourth-order valence-corrected chi connectivity index (χ4v) is 2.18. The molecule has 1 saturated heterocycles. The predicted octanol–water partition coefficient (Wildman–Crippen LogP) is 0.501. The fraction of sp³-hybridized carbons (Fsp3) is 0.500. The smallest absolute Gasteiger partial charge is 0.337 e. The average molecular weight is 271 g/mol. The van der Waals surface area contributed by atoms with Crippen LogP contribution in [-0.2, 0) is 9.47 Å². The van der Waals surface area contributed by atoms with Crippen LogP contribution in [0.15, 0.2) is 22.3 Å². The summed E-state index contributed by atoms with van der Waals surface area (Å²) < 4.78 is 9.95. The molecule has 18 heavy (non-hydrogen) atoms. The molecule has 5 nitrogen and oxygen atoms in total. The Morgan fingerprint density at radius 2 is 2.44 bits per heavy atom. The van der Waals surface area contributed by atoms with Gasteiger partial charge in [0.15, 0.2) is 0 Å². The zero-order valence-electron chi connectivity index (χ0n) is 10.3. The van der Waals surface area contributed by atoms with E-state index in [2.05, 4.69) is 5.92 Å². The van der Waals surface area contributed by atoms with Gasteiger partial charge in [-0.25, -0.2) is 0 Å². The number of hydrogen-bond donors (Lipinski definition) is 3. The van der Waals surface area contributed by atoms with Gasteiger partial charge in [-0.3, -0.25) is 0 Å². The van der Waals surface area contributed by atoms with Crippen LogP contribution in [0.5, 0.6) is 0 Å². The molecular weight excluding hydrogens is 254 g/mol. The Morgan fingerprint density at radius 1 is 1.78 bits per heavy atom. The highest BCUT2D eigenvalue weighted by molar-refractivity contribution is 8.04. The third-order valence-electron chi connectivity index (χ3n) is 2.18. The minimum atomic E-state index is -2.18. The van der Waals surface area contributed by atoms with E-state index in [-0.39, 0.29) is 12.6 Å². The third-order valence-corrected chi connectivity index (χ3v) is 3.06. The standard InChI is InChI=1S/C12H17NO4S/c1-4-9(5-8(2)13)11(16-3)6-10-7-17-12(14,15)18-10/h1,6,8,14-15H,5,7,13H2,2-3H3/b10-6+,11-9-. The van der Waals surface area contributed by atoms with Crippen LogP contribution in [-0.4, -0.2) is 35.3 Å². The number of hydrogen-bond acceptors (Lipinski definition) is 6. The molecule has 0 aliphatic carbocycles. The lowest BCUT2D eigenvalue weighted by Crippen LogP contribution is -2.21. The molecule has 6 heteroatoms. The molecule has 1 heterocycles. The summed E-state index contributed by atoms with van der Waals surface area (Å²) >= 11 is 0.794. The molecule has 0 aromatic carbocycles. The highest BCUT2D eigenvalue weighted by Gasteiger charge is 2.34. The van der Waals surface area contributed by atoms with Crippen molar-refractivity contribution in [3.05, 3.63) is 22.3 Å². The second-order valence-electron chi connectivity index (χ2n) is 3.92. The van der Waals surface area contributed by atoms with E-state index in [1.54, 1.807) is 6.08 Å². The maximum Gasteiger partial charge on any atom is 0.337 e. The molecule has 1 aliphatic heterocycles. The first-order chi connectivity index (χ1) is 8.38. The van der Waals surface area contributed by atoms with E-state index in [0.29, 0.717) is 22.7 Å². The van der Waals surface area contributed by atoms with E-state index in [1.165, 1.54) is 7.11 Å². The van der Waals surface area contributed by atoms with Gasteiger partial charge in [0.1, 0.15) is 5.76 Å². The van der Waals surface area contributed by atoms with Crippen LogP contribution >= 0.6 is 11.8 Å². The summed E-state index contributed by atoms with van der Waals surface area (Å²) in [7, 11) is 1.50. The van der Waals surface area contributed by atoms with E-state index in [1.807, 2.05) is 6.92 Å². The Balaban J connectivity index is 2.93. The van der Waals surface area contributed by atoms with Crippen molar-refractivity contribution in [1.29, 1.82) is 0 Å². The SMILES string of the molecule is C#C/C(CC(C)N)=C(\C=C1/COC(O)(O)S1)OC. The number of thioether (sulfide) groups is 1. The summed E-state index contributed by atoms with van der Waals surface area (Å²) in [6.45, 7) is 1.94. The molecule has 4 N–H and O–H groups in total. The van der Waals surface area contributed by atoms with E-state index in [0.717, 1.165) is 11.8 Å². The monoisotopic (exact) mass is 271 g/mol. The van der Waals surface area contributed by atoms with Gasteiger partial charge in [-0.05, 0) is 31.2 Å². The van der Waals surface area contributed by atoms with Crippen molar-refractivity contribution < 1.29 is 19.7 Å². The molecule has 0 spiro atoms. The minimum Gasteiger partial charge on any atom is -0.496 e. The summed E-state index contributed by atoms with van der Waals surface area (Å²) in [4.78, 5) is 0.620. The summed E-state index contributed by atoms with van der Waals surface area (Å²) in [5.74, 6) is 3.02. The lowest BCUT2D eigenvalue weighted by molar-refractivity contribution is -0.254. The van der Waals surface area contributed by atoms with Crippen LogP contribution in [0.2, 0.25) is 0 Å². The highest BCUT2D eigenvalue weighted by atomic mass is 32.2. The Morgan fingerprint density at radius 3 is 2.83 bits per heavy atom. The molecule has 1 fully saturated rings. The number of allylic oxidation sites excluding steroid dienone is 1. The van der Waals surface area contributed by atoms with Gasteiger partial charge in [0.25, 0.3) is 0 Å². The molecule has 0 amide bonds. The van der Waals surface area contributed by atoms with Gasteiger partial charge in [0, 0.05) is 16.5 Å². The lowest BCUT2D eigenvalue weighted by Gasteiger charge is -2.10. The van der Waals surface area contributed by atoms with Gasteiger partial charge < -0.3 is 25.4 Å². The first kappa shape index (κ1) is 15.1. The van der Waals surface area contributed by atoms with E-state index < -0.39 is 5.31 Å². The van der Waals surface area contributed by atoms with Crippen molar-refractivity contribution in [3.8, 4) is 12.3 Å². The number of nitrogens with two attached hydrogens (primary N) is 1. The van der Waals surface area contributed by atoms with Crippen LogP contribution in [0.1, 0.15) is 13.3 Å². The van der Waals surface area contributed by atoms with Crippen LogP contribution < -0.4 is 5.73 Å². The van der Waals surface area contributed by atoms with Crippen molar-refractivity contribution in [2.45, 2.75) is 24.7 Å². The largest absolute Gasteiger partial charge is 0.496 e. The number of rotatable bonds is 4. The molecule has 0 aromatic heterocycles. The predicted molar refractivity (Wildman–Crippen MR) is 69.9 cm³/mol. The van der Waals surface area contributed by atoms with Crippen molar-refractivity contribution in [3.63, 3.8) is 0 Å². The molecule has 100 valence electrons. The normalized spacial score (nSPS) is 23.4. The van der Waals surface area contributed by atoms with Crippen LogP contribution in [0.25, 0.3) is 0 Å². The Hall–Kier alpha value is -0.970. The topological polar surface area (TPSA) is 84.9 Å². The van der Waals surface area contributed by atoms with Crippen LogP contribution in [0, 0.1) is 12.3 Å². The molecule has 0 aromatic rings. The number of terminal acetylenes is 1. The van der Waals surface area contributed by atoms with Gasteiger partial charge in [-0.1, -0.05) is 5.92 Å². The molecule has 0 radical (unpaired) electrons. The Labute approximate surface area is 111 Å². The van der Waals surface area contributed by atoms with Gasteiger partial charge in [-0.15, -0.1) is 6.42 Å². The zero-order valence-corrected chi connectivity index (χ0v) is 11.2. The quantitative estimate of drug-likeness (QED) is 0.392. The molecule has 1 atom stereocenters. The molecular formula is C12H17NO4S. The van der Waals surface area contributed by atoms with Crippen molar-refractivity contribution in [2.24, 2.45) is 5.73 Å². The fourth-order valence-electron chi connectivity index (χ4n) is 1.43. The first-order valence-electron chi connectivity index (χ1n) is 5.35. The molecule has 0 bridgehead atoms. The lowest BCUT2D eigenvalue weighted by atomic mass is 10.1. The van der Waals surface area contributed by atoms with Gasteiger partial charge in [-0.2, -0.15) is 0 Å². The maximum absolute atomic E-state index is 9.23. The average Bonchev–Trinajstić information content (AvgIpc) is 2.62. The summed E-state index contributed by atoms with van der Waals surface area (Å²) in [5.41, 5.74) is 6.33. The molecule has 1 aliphatic rings. The van der Waals surface area contributed by atoms with Gasteiger partial charge in [0.05, 0.1) is 13.7 Å². The maximum atomic E-state index is 9.23. The van der Waals surface area contributed by atoms with E-state index >= 15 is 0 Å². The van der Waals surface area contributed by atoms with Crippen LogP contribution in [0.3, 0.4) is 0 Å². The minimum absolute atomic E-state index is 0.0816. The zero-order chi connectivity index (χ0) is 13.8. The van der Waals surface area contributed by atoms with Crippen LogP contribution in [0.4, 0.5) is 0 Å². The first-order valence-corrected chi connectivity index (χ1v) is 6.17. The summed E-state index contributed by atoms with van der Waals surface area (Å²) in [6, 6.07) is -0.0816. The van der Waals surface area contributed by atoms with Gasteiger partial charge in [0.2, 0.25) is 0 Å². The Bertz CT molecular complexity index is 407. The summed E-state index contributed by atoms with van der Waals surface area (Å²) in [5, 5.41) is 16.3. The number of ether oxygens (including phenoxy) is 2. The third kappa shape index (κ3) is 4.37. The van der Waals surface area contributed by atoms with Gasteiger partial charge >= 0.3 is 5.31 Å². The summed E-state index contributed by atoms with van der Waals surface area (Å²) in [6.07, 6.45) is 7.56. The van der Waals surface area contributed by atoms with E-state index in [4.69, 9.17) is 21.6 Å². The molecule has 1 unspecified atom stereocenters.